The van der Waals surface area contributed by atoms with Crippen LogP contribution >= 0.6 is 34.5 Å². The zero-order valence-corrected chi connectivity index (χ0v) is 11.4. The standard InChI is InChI=1S/C11H10Cl2N2OS/c1-2-16-6-10-14-8(5-9(13)15-10)11-7(12)3-4-17-11/h3-5H,2,6H2,1H3. The molecule has 0 aromatic carbocycles. The SMILES string of the molecule is CCOCc1nc(Cl)cc(-c2sccc2Cl)n1. The van der Waals surface area contributed by atoms with Crippen molar-refractivity contribution in [2.24, 2.45) is 0 Å². The molecule has 2 aromatic rings. The van der Waals surface area contributed by atoms with Crippen molar-refractivity contribution in [2.45, 2.75) is 13.5 Å². The largest absolute Gasteiger partial charge is 0.374 e. The van der Waals surface area contributed by atoms with Crippen molar-refractivity contribution in [1.29, 1.82) is 0 Å². The van der Waals surface area contributed by atoms with Gasteiger partial charge in [-0.05, 0) is 18.4 Å². The Balaban J connectivity index is 2.35. The lowest BCUT2D eigenvalue weighted by Crippen LogP contribution is -2.00. The van der Waals surface area contributed by atoms with Crippen molar-refractivity contribution in [3.8, 4) is 10.6 Å². The van der Waals surface area contributed by atoms with Crippen molar-refractivity contribution in [3.63, 3.8) is 0 Å². The molecule has 90 valence electrons. The minimum atomic E-state index is 0.354. The number of ether oxygens (including phenoxy) is 1. The number of nitrogens with zero attached hydrogens (tertiary/aromatic N) is 2. The van der Waals surface area contributed by atoms with E-state index in [1.165, 1.54) is 11.3 Å². The highest BCUT2D eigenvalue weighted by atomic mass is 35.5. The first-order valence-corrected chi connectivity index (χ1v) is 6.69. The molecular formula is C11H10Cl2N2OS. The van der Waals surface area contributed by atoms with Gasteiger partial charge in [0.25, 0.3) is 0 Å². The maximum atomic E-state index is 6.06. The van der Waals surface area contributed by atoms with Crippen LogP contribution in [0.5, 0.6) is 0 Å². The molecule has 0 saturated carbocycles. The van der Waals surface area contributed by atoms with Crippen LogP contribution < -0.4 is 0 Å². The molecule has 17 heavy (non-hydrogen) atoms. The normalized spacial score (nSPS) is 10.8. The summed E-state index contributed by atoms with van der Waals surface area (Å²) in [4.78, 5) is 9.38. The monoisotopic (exact) mass is 288 g/mol. The second-order valence-corrected chi connectivity index (χ2v) is 4.94. The summed E-state index contributed by atoms with van der Waals surface area (Å²) < 4.78 is 5.26. The predicted octanol–water partition coefficient (Wildman–Crippen LogP) is 4.05. The van der Waals surface area contributed by atoms with Crippen LogP contribution in [0.2, 0.25) is 10.2 Å². The fourth-order valence-corrected chi connectivity index (χ4v) is 2.63. The van der Waals surface area contributed by atoms with E-state index in [2.05, 4.69) is 9.97 Å². The molecule has 0 fully saturated rings. The molecule has 0 N–H and O–H groups in total. The maximum Gasteiger partial charge on any atom is 0.156 e. The Morgan fingerprint density at radius 1 is 1.35 bits per heavy atom. The van der Waals surface area contributed by atoms with Gasteiger partial charge in [0.1, 0.15) is 11.8 Å². The van der Waals surface area contributed by atoms with Crippen molar-refractivity contribution in [3.05, 3.63) is 33.5 Å². The molecule has 0 saturated heterocycles. The average Bonchev–Trinajstić information content (AvgIpc) is 2.72. The van der Waals surface area contributed by atoms with E-state index in [0.717, 1.165) is 10.6 Å². The minimum absolute atomic E-state index is 0.354. The Bertz CT molecular complexity index is 516. The van der Waals surface area contributed by atoms with E-state index in [4.69, 9.17) is 27.9 Å². The van der Waals surface area contributed by atoms with E-state index >= 15 is 0 Å². The van der Waals surface area contributed by atoms with Gasteiger partial charge in [0.15, 0.2) is 5.82 Å². The molecule has 0 spiro atoms. The number of halogens is 2. The summed E-state index contributed by atoms with van der Waals surface area (Å²) in [5.41, 5.74) is 0.736. The lowest BCUT2D eigenvalue weighted by Gasteiger charge is -2.04. The zero-order chi connectivity index (χ0) is 12.3. The molecule has 2 heterocycles. The van der Waals surface area contributed by atoms with Crippen molar-refractivity contribution in [1.82, 2.24) is 9.97 Å². The van der Waals surface area contributed by atoms with Crippen LogP contribution in [0.1, 0.15) is 12.7 Å². The highest BCUT2D eigenvalue weighted by molar-refractivity contribution is 7.14. The Kier molecular flexibility index (Phi) is 4.34. The number of aromatic nitrogens is 2. The molecule has 0 atom stereocenters. The van der Waals surface area contributed by atoms with Gasteiger partial charge >= 0.3 is 0 Å². The first kappa shape index (κ1) is 12.8. The highest BCUT2D eigenvalue weighted by Gasteiger charge is 2.10. The van der Waals surface area contributed by atoms with Crippen LogP contribution in [0.4, 0.5) is 0 Å². The first-order chi connectivity index (χ1) is 8.20. The van der Waals surface area contributed by atoms with Crippen molar-refractivity contribution in [2.75, 3.05) is 6.61 Å². The van der Waals surface area contributed by atoms with Crippen molar-refractivity contribution >= 4 is 34.5 Å². The molecule has 0 aliphatic rings. The summed E-state index contributed by atoms with van der Waals surface area (Å²) in [5.74, 6) is 0.568. The van der Waals surface area contributed by atoms with Gasteiger partial charge < -0.3 is 4.74 Å². The molecule has 0 unspecified atom stereocenters. The fraction of sp³-hybridized carbons (Fsp3) is 0.273. The molecule has 0 aliphatic heterocycles. The molecule has 0 radical (unpaired) electrons. The third-order valence-corrected chi connectivity index (χ3v) is 3.58. The van der Waals surface area contributed by atoms with Crippen LogP contribution in [0.25, 0.3) is 10.6 Å². The number of thiophene rings is 1. The summed E-state index contributed by atoms with van der Waals surface area (Å²) in [7, 11) is 0. The van der Waals surface area contributed by atoms with Gasteiger partial charge in [-0.15, -0.1) is 11.3 Å². The van der Waals surface area contributed by atoms with Crippen LogP contribution in [0.15, 0.2) is 17.5 Å². The van der Waals surface area contributed by atoms with Gasteiger partial charge in [0, 0.05) is 12.7 Å². The van der Waals surface area contributed by atoms with Gasteiger partial charge in [-0.1, -0.05) is 23.2 Å². The highest BCUT2D eigenvalue weighted by Crippen LogP contribution is 2.32. The summed E-state index contributed by atoms with van der Waals surface area (Å²) in [6, 6.07) is 3.54. The van der Waals surface area contributed by atoms with Crippen molar-refractivity contribution < 1.29 is 4.74 Å². The second kappa shape index (κ2) is 5.78. The number of rotatable bonds is 4. The van der Waals surface area contributed by atoms with E-state index in [9.17, 15) is 0 Å². The summed E-state index contributed by atoms with van der Waals surface area (Å²) in [6.45, 7) is 2.89. The topological polar surface area (TPSA) is 35.0 Å². The summed E-state index contributed by atoms with van der Waals surface area (Å²) in [5, 5.41) is 2.98. The van der Waals surface area contributed by atoms with Crippen LogP contribution in [-0.4, -0.2) is 16.6 Å². The van der Waals surface area contributed by atoms with Crippen LogP contribution in [0.3, 0.4) is 0 Å². The minimum Gasteiger partial charge on any atom is -0.374 e. The Morgan fingerprint density at radius 3 is 2.82 bits per heavy atom. The molecular weight excluding hydrogens is 279 g/mol. The van der Waals surface area contributed by atoms with E-state index in [-0.39, 0.29) is 0 Å². The third kappa shape index (κ3) is 3.16. The molecule has 2 aromatic heterocycles. The van der Waals surface area contributed by atoms with Crippen LogP contribution in [0, 0.1) is 0 Å². The maximum absolute atomic E-state index is 6.06. The van der Waals surface area contributed by atoms with E-state index in [1.54, 1.807) is 6.07 Å². The van der Waals surface area contributed by atoms with Gasteiger partial charge in [0.05, 0.1) is 15.6 Å². The molecule has 0 amide bonds. The zero-order valence-electron chi connectivity index (χ0n) is 9.11. The molecule has 3 nitrogen and oxygen atoms in total. The smallest absolute Gasteiger partial charge is 0.156 e. The molecule has 2 rings (SSSR count). The fourth-order valence-electron chi connectivity index (χ4n) is 1.32. The van der Waals surface area contributed by atoms with Crippen LogP contribution in [-0.2, 0) is 11.3 Å². The Hall–Kier alpha value is -0.680. The molecule has 0 bridgehead atoms. The van der Waals surface area contributed by atoms with Gasteiger partial charge in [-0.2, -0.15) is 0 Å². The van der Waals surface area contributed by atoms with E-state index in [0.29, 0.717) is 29.2 Å². The summed E-state index contributed by atoms with van der Waals surface area (Å²) >= 11 is 13.5. The molecule has 0 aliphatic carbocycles. The second-order valence-electron chi connectivity index (χ2n) is 3.23. The Morgan fingerprint density at radius 2 is 2.18 bits per heavy atom. The van der Waals surface area contributed by atoms with Gasteiger partial charge in [0.2, 0.25) is 0 Å². The predicted molar refractivity (Wildman–Crippen MR) is 70.7 cm³/mol. The Labute approximate surface area is 113 Å². The van der Waals surface area contributed by atoms with E-state index < -0.39 is 0 Å². The van der Waals surface area contributed by atoms with Gasteiger partial charge in [-0.3, -0.25) is 0 Å². The lowest BCUT2D eigenvalue weighted by molar-refractivity contribution is 0.128. The number of hydrogen-bond donors (Lipinski definition) is 0. The molecule has 6 heteroatoms. The lowest BCUT2D eigenvalue weighted by atomic mass is 10.3. The number of hydrogen-bond acceptors (Lipinski definition) is 4. The summed E-state index contributed by atoms with van der Waals surface area (Å²) in [6.07, 6.45) is 0. The average molecular weight is 289 g/mol. The quantitative estimate of drug-likeness (QED) is 0.796. The van der Waals surface area contributed by atoms with Gasteiger partial charge in [-0.25, -0.2) is 9.97 Å². The van der Waals surface area contributed by atoms with E-state index in [1.807, 2.05) is 18.4 Å². The first-order valence-electron chi connectivity index (χ1n) is 5.05. The third-order valence-electron chi connectivity index (χ3n) is 2.03.